The van der Waals surface area contributed by atoms with E-state index in [0.29, 0.717) is 11.3 Å². The van der Waals surface area contributed by atoms with E-state index in [1.165, 1.54) is 18.2 Å². The summed E-state index contributed by atoms with van der Waals surface area (Å²) < 4.78 is 0. The Bertz CT molecular complexity index is 656. The molecule has 2 aromatic rings. The van der Waals surface area contributed by atoms with Gasteiger partial charge in [0.05, 0.1) is 0 Å². The molecule has 0 spiro atoms. The number of carbonyl (C=O) groups is 1. The van der Waals surface area contributed by atoms with Gasteiger partial charge in [0, 0.05) is 23.4 Å². The van der Waals surface area contributed by atoms with Gasteiger partial charge >= 0.3 is 0 Å². The van der Waals surface area contributed by atoms with Crippen LogP contribution in [0.3, 0.4) is 0 Å². The first-order valence-corrected chi connectivity index (χ1v) is 5.85. The minimum absolute atomic E-state index is 0.0352. The summed E-state index contributed by atoms with van der Waals surface area (Å²) in [5.41, 5.74) is 6.76. The van der Waals surface area contributed by atoms with Crippen LogP contribution in [0.4, 0.5) is 5.69 Å². The minimum Gasteiger partial charge on any atom is -0.508 e. The van der Waals surface area contributed by atoms with E-state index in [1.807, 2.05) is 0 Å². The lowest BCUT2D eigenvalue weighted by atomic mass is 10.1. The molecule has 6 N–H and O–H groups in total. The van der Waals surface area contributed by atoms with Crippen molar-refractivity contribution in [3.63, 3.8) is 0 Å². The molecule has 0 bridgehead atoms. The van der Waals surface area contributed by atoms with Crippen molar-refractivity contribution in [3.8, 4) is 17.2 Å². The maximum absolute atomic E-state index is 11.9. The Morgan fingerprint density at radius 1 is 1.00 bits per heavy atom. The van der Waals surface area contributed by atoms with Gasteiger partial charge in [-0.3, -0.25) is 4.79 Å². The van der Waals surface area contributed by atoms with Crippen LogP contribution in [-0.4, -0.2) is 21.2 Å². The Morgan fingerprint density at radius 3 is 2.40 bits per heavy atom. The summed E-state index contributed by atoms with van der Waals surface area (Å²) in [6, 6.07) is 8.32. The Kier molecular flexibility index (Phi) is 3.65. The number of benzene rings is 2. The van der Waals surface area contributed by atoms with Crippen LogP contribution >= 0.6 is 0 Å². The smallest absolute Gasteiger partial charge is 0.251 e. The van der Waals surface area contributed by atoms with Crippen LogP contribution in [0.1, 0.15) is 15.9 Å². The zero-order valence-corrected chi connectivity index (χ0v) is 10.5. The Balaban J connectivity index is 2.08. The van der Waals surface area contributed by atoms with E-state index in [2.05, 4.69) is 5.32 Å². The topological polar surface area (TPSA) is 116 Å². The number of nitrogens with one attached hydrogen (secondary N) is 1. The van der Waals surface area contributed by atoms with Gasteiger partial charge in [0.1, 0.15) is 5.75 Å². The van der Waals surface area contributed by atoms with E-state index in [4.69, 9.17) is 5.73 Å². The number of carbonyl (C=O) groups excluding carboxylic acids is 1. The molecule has 0 radical (unpaired) electrons. The first kappa shape index (κ1) is 13.5. The van der Waals surface area contributed by atoms with Gasteiger partial charge in [0.2, 0.25) is 0 Å². The minimum atomic E-state index is -0.442. The predicted octanol–water partition coefficient (Wildman–Crippen LogP) is 1.32. The maximum Gasteiger partial charge on any atom is 0.251 e. The normalized spacial score (nSPS) is 10.2. The average molecular weight is 274 g/mol. The quantitative estimate of drug-likeness (QED) is 0.329. The summed E-state index contributed by atoms with van der Waals surface area (Å²) >= 11 is 0. The molecule has 0 saturated heterocycles. The van der Waals surface area contributed by atoms with Crippen LogP contribution in [0.2, 0.25) is 0 Å². The van der Waals surface area contributed by atoms with Gasteiger partial charge in [0.25, 0.3) is 5.91 Å². The van der Waals surface area contributed by atoms with E-state index in [9.17, 15) is 20.1 Å². The van der Waals surface area contributed by atoms with E-state index >= 15 is 0 Å². The Morgan fingerprint density at radius 2 is 1.70 bits per heavy atom. The van der Waals surface area contributed by atoms with Crippen LogP contribution in [0, 0.1) is 0 Å². The number of hydrogen-bond acceptors (Lipinski definition) is 5. The second-order valence-electron chi connectivity index (χ2n) is 4.27. The number of amides is 1. The van der Waals surface area contributed by atoms with Gasteiger partial charge in [-0.15, -0.1) is 0 Å². The second-order valence-corrected chi connectivity index (χ2v) is 4.27. The fourth-order valence-electron chi connectivity index (χ4n) is 1.69. The lowest BCUT2D eigenvalue weighted by molar-refractivity contribution is 0.0950. The molecule has 0 fully saturated rings. The second kappa shape index (κ2) is 5.40. The SMILES string of the molecule is Nc1ccc(O)c(CNC(=O)c2ccc(O)c(O)c2)c1. The summed E-state index contributed by atoms with van der Waals surface area (Å²) in [6.45, 7) is 0.0946. The summed E-state index contributed by atoms with van der Waals surface area (Å²) in [5, 5.41) is 30.7. The molecule has 0 heterocycles. The number of rotatable bonds is 3. The van der Waals surface area contributed by atoms with Crippen molar-refractivity contribution in [2.75, 3.05) is 5.73 Å². The number of hydrogen-bond donors (Lipinski definition) is 5. The van der Waals surface area contributed by atoms with Gasteiger partial charge in [-0.1, -0.05) is 0 Å². The molecule has 20 heavy (non-hydrogen) atoms. The first-order valence-electron chi connectivity index (χ1n) is 5.85. The lowest BCUT2D eigenvalue weighted by Crippen LogP contribution is -2.22. The number of phenols is 3. The van der Waals surface area contributed by atoms with Crippen molar-refractivity contribution in [2.24, 2.45) is 0 Å². The monoisotopic (exact) mass is 274 g/mol. The van der Waals surface area contributed by atoms with Crippen LogP contribution in [0.25, 0.3) is 0 Å². The van der Waals surface area contributed by atoms with Crippen molar-refractivity contribution in [1.29, 1.82) is 0 Å². The van der Waals surface area contributed by atoms with E-state index in [0.717, 1.165) is 6.07 Å². The zero-order valence-electron chi connectivity index (χ0n) is 10.5. The maximum atomic E-state index is 11.9. The summed E-state index contributed by atoms with van der Waals surface area (Å²) in [5.74, 6) is -1.07. The largest absolute Gasteiger partial charge is 0.508 e. The molecule has 0 saturated carbocycles. The molecule has 1 amide bonds. The molecule has 2 aromatic carbocycles. The van der Waals surface area contributed by atoms with Crippen LogP contribution in [0.15, 0.2) is 36.4 Å². The van der Waals surface area contributed by atoms with Crippen molar-refractivity contribution in [3.05, 3.63) is 47.5 Å². The molecule has 6 nitrogen and oxygen atoms in total. The summed E-state index contributed by atoms with van der Waals surface area (Å²) in [6.07, 6.45) is 0. The first-order chi connectivity index (χ1) is 9.47. The molecule has 0 atom stereocenters. The number of anilines is 1. The Hall–Kier alpha value is -2.89. The van der Waals surface area contributed by atoms with E-state index < -0.39 is 5.91 Å². The molecule has 0 aliphatic heterocycles. The number of nitrogen functional groups attached to an aromatic ring is 1. The van der Waals surface area contributed by atoms with Gasteiger partial charge < -0.3 is 26.4 Å². The number of nitrogens with two attached hydrogens (primary N) is 1. The van der Waals surface area contributed by atoms with Gasteiger partial charge in [-0.05, 0) is 36.4 Å². The standard InChI is InChI=1S/C14H14N2O4/c15-10-2-4-11(17)9(5-10)7-16-14(20)8-1-3-12(18)13(19)6-8/h1-6,17-19H,7,15H2,(H,16,20). The molecular weight excluding hydrogens is 260 g/mol. The van der Waals surface area contributed by atoms with Crippen LogP contribution in [-0.2, 0) is 6.54 Å². The number of phenolic OH excluding ortho intramolecular Hbond substituents is 3. The third-order valence-electron chi connectivity index (χ3n) is 2.78. The highest BCUT2D eigenvalue weighted by atomic mass is 16.3. The Labute approximate surface area is 115 Å². The third kappa shape index (κ3) is 2.92. The summed E-state index contributed by atoms with van der Waals surface area (Å²) in [4.78, 5) is 11.9. The van der Waals surface area contributed by atoms with Gasteiger partial charge in [0.15, 0.2) is 11.5 Å². The molecule has 0 aliphatic rings. The van der Waals surface area contributed by atoms with Crippen LogP contribution in [0.5, 0.6) is 17.2 Å². The van der Waals surface area contributed by atoms with Crippen molar-refractivity contribution < 1.29 is 20.1 Å². The van der Waals surface area contributed by atoms with Gasteiger partial charge in [-0.2, -0.15) is 0 Å². The molecule has 0 aromatic heterocycles. The zero-order chi connectivity index (χ0) is 14.7. The summed E-state index contributed by atoms with van der Waals surface area (Å²) in [7, 11) is 0. The average Bonchev–Trinajstić information content (AvgIpc) is 2.42. The highest BCUT2D eigenvalue weighted by Crippen LogP contribution is 2.25. The van der Waals surface area contributed by atoms with Crippen LogP contribution < -0.4 is 11.1 Å². The predicted molar refractivity (Wildman–Crippen MR) is 73.5 cm³/mol. The van der Waals surface area contributed by atoms with Crippen molar-refractivity contribution >= 4 is 11.6 Å². The molecule has 0 aliphatic carbocycles. The third-order valence-corrected chi connectivity index (χ3v) is 2.78. The highest BCUT2D eigenvalue weighted by Gasteiger charge is 2.09. The van der Waals surface area contributed by atoms with E-state index in [1.54, 1.807) is 12.1 Å². The molecular formula is C14H14N2O4. The fraction of sp³-hybridized carbons (Fsp3) is 0.0714. The number of aromatic hydroxyl groups is 3. The highest BCUT2D eigenvalue weighted by molar-refractivity contribution is 5.94. The fourth-order valence-corrected chi connectivity index (χ4v) is 1.69. The molecule has 2 rings (SSSR count). The lowest BCUT2D eigenvalue weighted by Gasteiger charge is -2.08. The van der Waals surface area contributed by atoms with Crippen molar-refractivity contribution in [1.82, 2.24) is 5.32 Å². The molecule has 104 valence electrons. The van der Waals surface area contributed by atoms with E-state index in [-0.39, 0.29) is 29.4 Å². The molecule has 6 heteroatoms. The molecule has 0 unspecified atom stereocenters. The van der Waals surface area contributed by atoms with Gasteiger partial charge in [-0.25, -0.2) is 0 Å². The van der Waals surface area contributed by atoms with Crippen molar-refractivity contribution in [2.45, 2.75) is 6.54 Å².